The number of Topliss-reactive ketones (excluding diaryl/α,β-unsaturated/α-hetero) is 2. The molecule has 0 amide bonds. The van der Waals surface area contributed by atoms with E-state index in [0.717, 1.165) is 30.7 Å². The summed E-state index contributed by atoms with van der Waals surface area (Å²) < 4.78 is 5.50. The van der Waals surface area contributed by atoms with Gasteiger partial charge >= 0.3 is 0 Å². The average Bonchev–Trinajstić information content (AvgIpc) is 3.08. The standard InChI is InChI=1S/C22H19ClO3.C14H20Cl3N5O2/c23-16-11-9-14(10-12-16)13-5-7-15(8-6-13)19-20(24)17-3-1-2-4-18(17)21(25)22(19)26;1-8(2)20-13(18)21-14(19)22-24-5-3-4-23-12-7-10(16)9(15)6-11(12)17/h1-4,9-13,15,24H,5-8H2;6-8H,3-5H2,1-2H3,(H5,18,19,20,21,22). The van der Waals surface area contributed by atoms with Crippen LogP contribution in [-0.2, 0) is 9.63 Å². The first kappa shape index (κ1) is 39.0. The first-order chi connectivity index (χ1) is 23.8. The number of nitrogens with zero attached hydrogens (tertiary/aromatic N) is 2. The highest BCUT2D eigenvalue weighted by atomic mass is 35.5. The molecule has 0 heterocycles. The molecule has 6 N–H and O–H groups in total. The molecule has 1 fully saturated rings. The fraction of sp³-hybridized carbons (Fsp3) is 0.333. The summed E-state index contributed by atoms with van der Waals surface area (Å²) in [5.74, 6) is -0.153. The number of ether oxygens (including phenoxy) is 1. The van der Waals surface area contributed by atoms with Crippen LogP contribution in [0.25, 0.3) is 5.76 Å². The fourth-order valence-electron chi connectivity index (χ4n) is 5.71. The molecule has 14 heteroatoms. The van der Waals surface area contributed by atoms with Gasteiger partial charge in [0.05, 0.1) is 28.3 Å². The normalized spacial score (nSPS) is 18.1. The van der Waals surface area contributed by atoms with Crippen molar-refractivity contribution in [2.24, 2.45) is 27.4 Å². The zero-order valence-corrected chi connectivity index (χ0v) is 30.6. The molecule has 1 saturated carbocycles. The number of rotatable bonds is 9. The van der Waals surface area contributed by atoms with E-state index in [1.165, 1.54) is 11.6 Å². The summed E-state index contributed by atoms with van der Waals surface area (Å²) in [4.78, 5) is 38.0. The molecule has 0 aromatic heterocycles. The Hall–Kier alpha value is -3.80. The number of hydrogen-bond acceptors (Lipinski definition) is 6. The van der Waals surface area contributed by atoms with Gasteiger partial charge in [0.25, 0.3) is 0 Å². The Morgan fingerprint density at radius 2 is 1.48 bits per heavy atom. The van der Waals surface area contributed by atoms with Crippen LogP contribution in [-0.4, -0.2) is 47.8 Å². The highest BCUT2D eigenvalue weighted by Gasteiger charge is 2.38. The number of ketones is 2. The number of fused-ring (bicyclic) bond motifs is 1. The van der Waals surface area contributed by atoms with Crippen LogP contribution in [0.3, 0.4) is 0 Å². The molecular weight excluding hydrogens is 724 g/mol. The minimum absolute atomic E-state index is 0.0138. The number of aliphatic imine (C=N–C) groups is 2. The van der Waals surface area contributed by atoms with Crippen molar-refractivity contribution in [1.82, 2.24) is 5.48 Å². The second-order valence-electron chi connectivity index (χ2n) is 12.0. The first-order valence-electron chi connectivity index (χ1n) is 16.0. The van der Waals surface area contributed by atoms with Crippen molar-refractivity contribution in [3.8, 4) is 5.75 Å². The summed E-state index contributed by atoms with van der Waals surface area (Å²) in [7, 11) is 0. The molecule has 0 radical (unpaired) electrons. The second-order valence-corrected chi connectivity index (χ2v) is 13.7. The van der Waals surface area contributed by atoms with Crippen molar-refractivity contribution in [3.05, 3.63) is 103 Å². The Kier molecular flexibility index (Phi) is 14.4. The number of allylic oxidation sites excluding steroid dienone is 1. The van der Waals surface area contributed by atoms with E-state index in [4.69, 9.17) is 67.4 Å². The Morgan fingerprint density at radius 1 is 0.860 bits per heavy atom. The van der Waals surface area contributed by atoms with E-state index < -0.39 is 11.6 Å². The largest absolute Gasteiger partial charge is 0.507 e. The van der Waals surface area contributed by atoms with Crippen LogP contribution >= 0.6 is 46.4 Å². The smallest absolute Gasteiger partial charge is 0.234 e. The topological polar surface area (TPSA) is 162 Å². The van der Waals surface area contributed by atoms with Crippen LogP contribution in [0.15, 0.2) is 76.2 Å². The molecule has 0 spiro atoms. The summed E-state index contributed by atoms with van der Waals surface area (Å²) in [6.45, 7) is 4.45. The molecule has 0 unspecified atom stereocenters. The highest BCUT2D eigenvalue weighted by Crippen LogP contribution is 2.42. The van der Waals surface area contributed by atoms with E-state index in [1.807, 2.05) is 26.0 Å². The van der Waals surface area contributed by atoms with Crippen LogP contribution in [0.2, 0.25) is 20.1 Å². The fourth-order valence-corrected chi connectivity index (χ4v) is 6.42. The number of hydrogen-bond donors (Lipinski definition) is 4. The molecule has 3 aromatic carbocycles. The molecule has 2 aliphatic rings. The lowest BCUT2D eigenvalue weighted by molar-refractivity contribution is -0.112. The molecule has 5 rings (SSSR count). The predicted molar refractivity (Wildman–Crippen MR) is 201 cm³/mol. The van der Waals surface area contributed by atoms with E-state index in [9.17, 15) is 14.7 Å². The van der Waals surface area contributed by atoms with Gasteiger partial charge in [-0.1, -0.05) is 82.8 Å². The zero-order chi connectivity index (χ0) is 36.4. The Labute approximate surface area is 311 Å². The van der Waals surface area contributed by atoms with Crippen LogP contribution < -0.4 is 21.7 Å². The minimum Gasteiger partial charge on any atom is -0.507 e. The molecular formula is C36H39Cl4N5O5. The van der Waals surface area contributed by atoms with Crippen molar-refractivity contribution in [2.45, 2.75) is 57.9 Å². The van der Waals surface area contributed by atoms with Crippen molar-refractivity contribution in [3.63, 3.8) is 0 Å². The maximum absolute atomic E-state index is 12.6. The van der Waals surface area contributed by atoms with Crippen LogP contribution in [0.5, 0.6) is 5.75 Å². The summed E-state index contributed by atoms with van der Waals surface area (Å²) in [6, 6.07) is 17.8. The van der Waals surface area contributed by atoms with Gasteiger partial charge in [0.2, 0.25) is 23.5 Å². The number of halogens is 4. The number of nitrogens with two attached hydrogens (primary N) is 2. The summed E-state index contributed by atoms with van der Waals surface area (Å²) in [5.41, 5.74) is 15.9. The lowest BCUT2D eigenvalue weighted by Gasteiger charge is -2.31. The van der Waals surface area contributed by atoms with Gasteiger partial charge in [-0.2, -0.15) is 4.99 Å². The van der Waals surface area contributed by atoms with Crippen molar-refractivity contribution >= 4 is 75.6 Å². The van der Waals surface area contributed by atoms with Gasteiger partial charge < -0.3 is 21.3 Å². The number of benzene rings is 3. The molecule has 266 valence electrons. The number of carbonyl (C=O) groups is 2. The molecule has 0 atom stereocenters. The molecule has 10 nitrogen and oxygen atoms in total. The molecule has 3 aromatic rings. The van der Waals surface area contributed by atoms with Crippen molar-refractivity contribution in [2.75, 3.05) is 13.2 Å². The number of aliphatic hydroxyl groups excluding tert-OH is 1. The molecule has 0 bridgehead atoms. The monoisotopic (exact) mass is 761 g/mol. The summed E-state index contributed by atoms with van der Waals surface area (Å²) in [5, 5.41) is 12.5. The number of guanidine groups is 2. The van der Waals surface area contributed by atoms with Gasteiger partial charge in [0.1, 0.15) is 11.5 Å². The number of hydroxylamine groups is 1. The van der Waals surface area contributed by atoms with Crippen molar-refractivity contribution in [1.29, 1.82) is 0 Å². The SMILES string of the molecule is CC(C)N=C(N)/N=C(\N)NOCCCOc1cc(Cl)c(Cl)cc1Cl.O=C1C(=O)c2ccccc2C(O)=C1C1CCC(c2ccc(Cl)cc2)CC1. The summed E-state index contributed by atoms with van der Waals surface area (Å²) >= 11 is 23.7. The van der Waals surface area contributed by atoms with Gasteiger partial charge in [0.15, 0.2) is 0 Å². The predicted octanol–water partition coefficient (Wildman–Crippen LogP) is 8.32. The third kappa shape index (κ3) is 10.6. The quantitative estimate of drug-likeness (QED) is 0.0423. The Bertz CT molecular complexity index is 1770. The Balaban J connectivity index is 0.000000226. The average molecular weight is 764 g/mol. The first-order valence-corrected chi connectivity index (χ1v) is 17.6. The third-order valence-electron chi connectivity index (χ3n) is 8.03. The lowest BCUT2D eigenvalue weighted by atomic mass is 9.72. The zero-order valence-electron chi connectivity index (χ0n) is 27.6. The van der Waals surface area contributed by atoms with Crippen LogP contribution in [0, 0.1) is 5.92 Å². The van der Waals surface area contributed by atoms with E-state index in [2.05, 4.69) is 27.6 Å². The highest BCUT2D eigenvalue weighted by molar-refractivity contribution is 6.52. The van der Waals surface area contributed by atoms with Gasteiger partial charge in [0, 0.05) is 40.3 Å². The van der Waals surface area contributed by atoms with Crippen molar-refractivity contribution < 1.29 is 24.3 Å². The van der Waals surface area contributed by atoms with Gasteiger partial charge in [-0.05, 0) is 75.1 Å². The van der Waals surface area contributed by atoms with E-state index in [1.54, 1.807) is 30.3 Å². The van der Waals surface area contributed by atoms with Gasteiger partial charge in [-0.25, -0.2) is 10.5 Å². The summed E-state index contributed by atoms with van der Waals surface area (Å²) in [6.07, 6.45) is 3.99. The number of nitrogens with one attached hydrogen (secondary N) is 1. The second kappa shape index (κ2) is 18.4. The molecule has 0 aliphatic heterocycles. The van der Waals surface area contributed by atoms with E-state index in [0.29, 0.717) is 63.1 Å². The number of carbonyl (C=O) groups excluding carboxylic acids is 2. The van der Waals surface area contributed by atoms with Gasteiger partial charge in [-0.15, -0.1) is 0 Å². The molecule has 2 aliphatic carbocycles. The van der Waals surface area contributed by atoms with Crippen LogP contribution in [0.4, 0.5) is 0 Å². The van der Waals surface area contributed by atoms with Crippen LogP contribution in [0.1, 0.15) is 73.4 Å². The maximum atomic E-state index is 12.6. The minimum atomic E-state index is -0.545. The molecule has 50 heavy (non-hydrogen) atoms. The van der Waals surface area contributed by atoms with E-state index >= 15 is 0 Å². The number of aliphatic hydroxyl groups is 1. The lowest BCUT2D eigenvalue weighted by Crippen LogP contribution is -2.34. The Morgan fingerprint density at radius 3 is 2.14 bits per heavy atom. The van der Waals surface area contributed by atoms with E-state index in [-0.39, 0.29) is 29.6 Å². The third-order valence-corrected chi connectivity index (χ3v) is 9.30. The molecule has 0 saturated heterocycles. The maximum Gasteiger partial charge on any atom is 0.234 e. The van der Waals surface area contributed by atoms with Gasteiger partial charge in [-0.3, -0.25) is 14.4 Å².